The van der Waals surface area contributed by atoms with Crippen molar-refractivity contribution in [1.82, 2.24) is 20.1 Å². The summed E-state index contributed by atoms with van der Waals surface area (Å²) in [7, 11) is 0. The Morgan fingerprint density at radius 2 is 2.19 bits per heavy atom. The Morgan fingerprint density at radius 3 is 2.86 bits per heavy atom. The van der Waals surface area contributed by atoms with Crippen molar-refractivity contribution in [1.29, 1.82) is 0 Å². The Morgan fingerprint density at radius 1 is 1.38 bits per heavy atom. The first kappa shape index (κ1) is 14.2. The predicted molar refractivity (Wildman–Crippen MR) is 81.8 cm³/mol. The van der Waals surface area contributed by atoms with Crippen LogP contribution < -0.4 is 5.32 Å². The van der Waals surface area contributed by atoms with Gasteiger partial charge in [0.05, 0.1) is 5.69 Å². The lowest BCUT2D eigenvalue weighted by Gasteiger charge is -2.35. The Kier molecular flexibility index (Phi) is 4.31. The molecule has 3 heterocycles. The van der Waals surface area contributed by atoms with Gasteiger partial charge in [-0.15, -0.1) is 0 Å². The lowest BCUT2D eigenvalue weighted by Crippen LogP contribution is -2.52. The first-order valence-electron chi connectivity index (χ1n) is 7.56. The summed E-state index contributed by atoms with van der Waals surface area (Å²) >= 11 is 0. The van der Waals surface area contributed by atoms with E-state index < -0.39 is 0 Å². The molecule has 5 nitrogen and oxygen atoms in total. The van der Waals surface area contributed by atoms with Crippen molar-refractivity contribution in [3.63, 3.8) is 0 Å². The molecule has 112 valence electrons. The van der Waals surface area contributed by atoms with E-state index >= 15 is 0 Å². The second-order valence-electron chi connectivity index (χ2n) is 5.68. The fraction of sp³-hybridized carbons (Fsp3) is 0.500. The third-order valence-corrected chi connectivity index (χ3v) is 4.23. The topological polar surface area (TPSA) is 48.5 Å². The maximum atomic E-state index is 12.3. The van der Waals surface area contributed by atoms with Crippen LogP contribution in [0.4, 0.5) is 0 Å². The number of hydrogen-bond acceptors (Lipinski definition) is 4. The molecule has 1 saturated heterocycles. The number of pyridine rings is 1. The third kappa shape index (κ3) is 3.31. The van der Waals surface area contributed by atoms with E-state index in [1.54, 1.807) is 0 Å². The van der Waals surface area contributed by atoms with E-state index in [1.807, 2.05) is 29.3 Å². The summed E-state index contributed by atoms with van der Waals surface area (Å²) in [5.74, 6) is 0.206. The van der Waals surface area contributed by atoms with E-state index in [2.05, 4.69) is 28.2 Å². The molecule has 5 heteroatoms. The van der Waals surface area contributed by atoms with Crippen molar-refractivity contribution in [3.8, 4) is 0 Å². The molecule has 3 rings (SSSR count). The van der Waals surface area contributed by atoms with Crippen LogP contribution in [0.1, 0.15) is 11.3 Å². The highest BCUT2D eigenvalue weighted by atomic mass is 16.2. The molecule has 2 aliphatic heterocycles. The molecule has 0 saturated carbocycles. The Balaban J connectivity index is 1.52. The highest BCUT2D eigenvalue weighted by molar-refractivity contribution is 5.84. The standard InChI is InChI=1S/C16H22N4O/c1-13-4-2-6-18-15(13)12-19-8-10-20(11-9-19)16(21)14-5-3-7-17-14/h2-6,14,17H,7-12H2,1H3. The monoisotopic (exact) mass is 286 g/mol. The van der Waals surface area contributed by atoms with Crippen molar-refractivity contribution >= 4 is 5.91 Å². The highest BCUT2D eigenvalue weighted by Gasteiger charge is 2.27. The number of nitrogens with zero attached hydrogens (tertiary/aromatic N) is 3. The smallest absolute Gasteiger partial charge is 0.243 e. The average Bonchev–Trinajstić information content (AvgIpc) is 3.04. The van der Waals surface area contributed by atoms with E-state index in [-0.39, 0.29) is 11.9 Å². The molecule has 1 N–H and O–H groups in total. The SMILES string of the molecule is Cc1cccnc1CN1CCN(C(=O)C2C=CCN2)CC1. The average molecular weight is 286 g/mol. The largest absolute Gasteiger partial charge is 0.338 e. The zero-order chi connectivity index (χ0) is 14.7. The summed E-state index contributed by atoms with van der Waals surface area (Å²) in [5, 5.41) is 3.19. The van der Waals surface area contributed by atoms with Crippen LogP contribution in [0.2, 0.25) is 0 Å². The van der Waals surface area contributed by atoms with Crippen LogP contribution in [-0.2, 0) is 11.3 Å². The number of amides is 1. The number of rotatable bonds is 3. The molecule has 1 amide bonds. The van der Waals surface area contributed by atoms with Gasteiger partial charge in [-0.05, 0) is 18.6 Å². The van der Waals surface area contributed by atoms with Gasteiger partial charge in [0.1, 0.15) is 6.04 Å². The van der Waals surface area contributed by atoms with Gasteiger partial charge >= 0.3 is 0 Å². The Hall–Kier alpha value is -1.72. The van der Waals surface area contributed by atoms with Gasteiger partial charge in [0.15, 0.2) is 0 Å². The van der Waals surface area contributed by atoms with E-state index in [4.69, 9.17) is 0 Å². The van der Waals surface area contributed by atoms with Gasteiger partial charge < -0.3 is 4.90 Å². The highest BCUT2D eigenvalue weighted by Crippen LogP contribution is 2.11. The van der Waals surface area contributed by atoms with E-state index in [0.717, 1.165) is 45.0 Å². The first-order chi connectivity index (χ1) is 10.2. The van der Waals surface area contributed by atoms with Crippen LogP contribution in [0.5, 0.6) is 0 Å². The van der Waals surface area contributed by atoms with Crippen LogP contribution in [-0.4, -0.2) is 59.5 Å². The van der Waals surface area contributed by atoms with Crippen LogP contribution in [0, 0.1) is 6.92 Å². The minimum Gasteiger partial charge on any atom is -0.338 e. The van der Waals surface area contributed by atoms with Crippen LogP contribution >= 0.6 is 0 Å². The Bertz CT molecular complexity index is 535. The summed E-state index contributed by atoms with van der Waals surface area (Å²) in [6.45, 7) is 7.20. The van der Waals surface area contributed by atoms with E-state index in [1.165, 1.54) is 5.56 Å². The third-order valence-electron chi connectivity index (χ3n) is 4.23. The molecular formula is C16H22N4O. The zero-order valence-electron chi connectivity index (χ0n) is 12.5. The van der Waals surface area contributed by atoms with Crippen LogP contribution in [0.15, 0.2) is 30.5 Å². The van der Waals surface area contributed by atoms with Gasteiger partial charge in [-0.3, -0.25) is 20.0 Å². The zero-order valence-corrected chi connectivity index (χ0v) is 12.5. The second kappa shape index (κ2) is 6.37. The predicted octanol–water partition coefficient (Wildman–Crippen LogP) is 0.562. The molecule has 0 bridgehead atoms. The van der Waals surface area contributed by atoms with Crippen LogP contribution in [0.25, 0.3) is 0 Å². The van der Waals surface area contributed by atoms with Crippen molar-refractivity contribution in [3.05, 3.63) is 41.7 Å². The summed E-state index contributed by atoms with van der Waals surface area (Å²) in [6, 6.07) is 3.95. The molecule has 1 aromatic rings. The number of carbonyl (C=O) groups is 1. The maximum Gasteiger partial charge on any atom is 0.243 e. The molecule has 1 atom stereocenters. The molecule has 0 aliphatic carbocycles. The molecule has 1 aromatic heterocycles. The maximum absolute atomic E-state index is 12.3. The van der Waals surface area contributed by atoms with Crippen molar-refractivity contribution in [2.45, 2.75) is 19.5 Å². The summed E-state index contributed by atoms with van der Waals surface area (Å²) in [4.78, 5) is 21.1. The van der Waals surface area contributed by atoms with E-state index in [0.29, 0.717) is 0 Å². The van der Waals surface area contributed by atoms with Gasteiger partial charge in [-0.25, -0.2) is 0 Å². The lowest BCUT2D eigenvalue weighted by molar-refractivity contribution is -0.133. The molecule has 21 heavy (non-hydrogen) atoms. The molecule has 0 spiro atoms. The molecule has 0 radical (unpaired) electrons. The summed E-state index contributed by atoms with van der Waals surface area (Å²) in [6.07, 6.45) is 5.83. The minimum absolute atomic E-state index is 0.116. The van der Waals surface area contributed by atoms with Gasteiger partial charge in [-0.1, -0.05) is 18.2 Å². The van der Waals surface area contributed by atoms with Crippen molar-refractivity contribution < 1.29 is 4.79 Å². The number of hydrogen-bond donors (Lipinski definition) is 1. The number of piperazine rings is 1. The lowest BCUT2D eigenvalue weighted by atomic mass is 10.2. The molecule has 1 fully saturated rings. The van der Waals surface area contributed by atoms with E-state index in [9.17, 15) is 4.79 Å². The second-order valence-corrected chi connectivity index (χ2v) is 5.68. The minimum atomic E-state index is -0.116. The number of carbonyl (C=O) groups excluding carboxylic acids is 1. The number of aromatic nitrogens is 1. The first-order valence-corrected chi connectivity index (χ1v) is 7.56. The molecular weight excluding hydrogens is 264 g/mol. The van der Waals surface area contributed by atoms with Gasteiger partial charge in [0.2, 0.25) is 5.91 Å². The normalized spacial score (nSPS) is 22.7. The summed E-state index contributed by atoms with van der Waals surface area (Å²) < 4.78 is 0. The van der Waals surface area contributed by atoms with Gasteiger partial charge in [0, 0.05) is 45.5 Å². The van der Waals surface area contributed by atoms with Crippen molar-refractivity contribution in [2.24, 2.45) is 0 Å². The van der Waals surface area contributed by atoms with Gasteiger partial charge in [-0.2, -0.15) is 0 Å². The fourth-order valence-electron chi connectivity index (χ4n) is 2.86. The number of nitrogens with one attached hydrogen (secondary N) is 1. The number of aryl methyl sites for hydroxylation is 1. The van der Waals surface area contributed by atoms with Crippen LogP contribution in [0.3, 0.4) is 0 Å². The molecule has 0 aromatic carbocycles. The molecule has 2 aliphatic rings. The van der Waals surface area contributed by atoms with Gasteiger partial charge in [0.25, 0.3) is 0 Å². The molecule has 1 unspecified atom stereocenters. The summed E-state index contributed by atoms with van der Waals surface area (Å²) in [5.41, 5.74) is 2.37. The van der Waals surface area contributed by atoms with Crippen molar-refractivity contribution in [2.75, 3.05) is 32.7 Å². The Labute approximate surface area is 125 Å². The fourth-order valence-corrected chi connectivity index (χ4v) is 2.86. The quantitative estimate of drug-likeness (QED) is 0.825.